The lowest BCUT2D eigenvalue weighted by Gasteiger charge is -2.36. The second kappa shape index (κ2) is 6.98. The van der Waals surface area contributed by atoms with Gasteiger partial charge in [-0.1, -0.05) is 40.0 Å². The molecule has 0 aromatic carbocycles. The summed E-state index contributed by atoms with van der Waals surface area (Å²) in [6.07, 6.45) is 11.7. The summed E-state index contributed by atoms with van der Waals surface area (Å²) >= 11 is 0. The van der Waals surface area contributed by atoms with Gasteiger partial charge in [0.15, 0.2) is 0 Å². The van der Waals surface area contributed by atoms with Crippen LogP contribution in [0.4, 0.5) is 0 Å². The average Bonchev–Trinajstić information content (AvgIpc) is 2.37. The molecule has 1 N–H and O–H groups in total. The Balaban J connectivity index is 2.43. The highest BCUT2D eigenvalue weighted by molar-refractivity contribution is 5.79. The lowest BCUT2D eigenvalue weighted by Crippen LogP contribution is -2.40. The summed E-state index contributed by atoms with van der Waals surface area (Å²) in [5.74, 6) is 3.76. The molecule has 1 rings (SSSR count). The van der Waals surface area contributed by atoms with Crippen LogP contribution in [-0.4, -0.2) is 11.9 Å². The maximum absolute atomic E-state index is 12.2. The topological polar surface area (TPSA) is 29.1 Å². The van der Waals surface area contributed by atoms with Gasteiger partial charge in [0.25, 0.3) is 0 Å². The minimum Gasteiger partial charge on any atom is -0.342 e. The summed E-state index contributed by atoms with van der Waals surface area (Å²) in [7, 11) is 0. The van der Waals surface area contributed by atoms with Gasteiger partial charge < -0.3 is 5.32 Å². The smallest absolute Gasteiger partial charge is 0.224 e. The van der Waals surface area contributed by atoms with Crippen molar-refractivity contribution < 1.29 is 4.79 Å². The zero-order valence-corrected chi connectivity index (χ0v) is 13.0. The number of terminal acetylenes is 1. The van der Waals surface area contributed by atoms with Crippen molar-refractivity contribution in [1.29, 1.82) is 0 Å². The molecule has 1 atom stereocenters. The van der Waals surface area contributed by atoms with Crippen molar-refractivity contribution in [2.24, 2.45) is 17.3 Å². The van der Waals surface area contributed by atoms with Gasteiger partial charge in [-0.2, -0.15) is 0 Å². The minimum atomic E-state index is -0.0853. The summed E-state index contributed by atoms with van der Waals surface area (Å²) in [5, 5.41) is 3.02. The highest BCUT2D eigenvalue weighted by atomic mass is 16.1. The SMILES string of the molecule is C#CC(CCC)NC(=O)C1CCC(C(C)(C)C)CC1. The maximum Gasteiger partial charge on any atom is 0.224 e. The Morgan fingerprint density at radius 2 is 1.89 bits per heavy atom. The molecule has 1 saturated carbocycles. The van der Waals surface area contributed by atoms with Gasteiger partial charge in [0.2, 0.25) is 5.91 Å². The summed E-state index contributed by atoms with van der Waals surface area (Å²) in [4.78, 5) is 12.2. The predicted octanol–water partition coefficient (Wildman–Crippen LogP) is 3.76. The number of carbonyl (C=O) groups excluding carboxylic acids is 1. The zero-order valence-electron chi connectivity index (χ0n) is 13.0. The van der Waals surface area contributed by atoms with E-state index in [0.717, 1.165) is 44.4 Å². The standard InChI is InChI=1S/C17H29NO/c1-6-8-15(7-2)18-16(19)13-9-11-14(12-10-13)17(3,4)5/h2,13-15H,6,8-12H2,1,3-5H3,(H,18,19). The van der Waals surface area contributed by atoms with E-state index in [4.69, 9.17) is 6.42 Å². The number of carbonyl (C=O) groups is 1. The van der Waals surface area contributed by atoms with E-state index in [0.29, 0.717) is 5.41 Å². The Hall–Kier alpha value is -0.970. The van der Waals surface area contributed by atoms with E-state index in [9.17, 15) is 4.79 Å². The van der Waals surface area contributed by atoms with Crippen LogP contribution in [0, 0.1) is 29.6 Å². The van der Waals surface area contributed by atoms with Gasteiger partial charge in [-0.05, 0) is 43.4 Å². The third-order valence-electron chi connectivity index (χ3n) is 4.42. The van der Waals surface area contributed by atoms with E-state index in [-0.39, 0.29) is 17.9 Å². The quantitative estimate of drug-likeness (QED) is 0.769. The van der Waals surface area contributed by atoms with Crippen LogP contribution in [0.15, 0.2) is 0 Å². The monoisotopic (exact) mass is 263 g/mol. The van der Waals surface area contributed by atoms with Gasteiger partial charge in [0.1, 0.15) is 0 Å². The van der Waals surface area contributed by atoms with E-state index >= 15 is 0 Å². The summed E-state index contributed by atoms with van der Waals surface area (Å²) in [6, 6.07) is -0.0853. The fourth-order valence-corrected chi connectivity index (χ4v) is 3.00. The molecule has 0 aliphatic heterocycles. The molecular weight excluding hydrogens is 234 g/mol. The van der Waals surface area contributed by atoms with E-state index in [2.05, 4.69) is 38.9 Å². The van der Waals surface area contributed by atoms with Crippen molar-refractivity contribution in [3.63, 3.8) is 0 Å². The minimum absolute atomic E-state index is 0.0853. The second-order valence-electron chi connectivity index (χ2n) is 6.93. The average molecular weight is 263 g/mol. The molecule has 2 heteroatoms. The largest absolute Gasteiger partial charge is 0.342 e. The first-order chi connectivity index (χ1) is 8.88. The lowest BCUT2D eigenvalue weighted by molar-refractivity contribution is -0.127. The molecular formula is C17H29NO. The van der Waals surface area contributed by atoms with Crippen LogP contribution < -0.4 is 5.32 Å². The highest BCUT2D eigenvalue weighted by Crippen LogP contribution is 2.39. The van der Waals surface area contributed by atoms with Gasteiger partial charge in [-0.15, -0.1) is 6.42 Å². The van der Waals surface area contributed by atoms with Crippen molar-refractivity contribution in [3.8, 4) is 12.3 Å². The molecule has 0 bridgehead atoms. The molecule has 1 fully saturated rings. The van der Waals surface area contributed by atoms with Crippen molar-refractivity contribution in [3.05, 3.63) is 0 Å². The fraction of sp³-hybridized carbons (Fsp3) is 0.824. The van der Waals surface area contributed by atoms with Crippen LogP contribution in [0.2, 0.25) is 0 Å². The van der Waals surface area contributed by atoms with Crippen LogP contribution >= 0.6 is 0 Å². The third-order valence-corrected chi connectivity index (χ3v) is 4.42. The van der Waals surface area contributed by atoms with Crippen LogP contribution in [0.1, 0.15) is 66.2 Å². The van der Waals surface area contributed by atoms with Crippen molar-refractivity contribution in [2.75, 3.05) is 0 Å². The highest BCUT2D eigenvalue weighted by Gasteiger charge is 2.32. The van der Waals surface area contributed by atoms with Gasteiger partial charge in [-0.3, -0.25) is 4.79 Å². The van der Waals surface area contributed by atoms with Gasteiger partial charge in [-0.25, -0.2) is 0 Å². The van der Waals surface area contributed by atoms with Crippen molar-refractivity contribution >= 4 is 5.91 Å². The van der Waals surface area contributed by atoms with Crippen molar-refractivity contribution in [2.45, 2.75) is 72.3 Å². The van der Waals surface area contributed by atoms with Crippen LogP contribution in [-0.2, 0) is 4.79 Å². The van der Waals surface area contributed by atoms with E-state index in [1.54, 1.807) is 0 Å². The summed E-state index contributed by atoms with van der Waals surface area (Å²) in [5.41, 5.74) is 0.366. The van der Waals surface area contributed by atoms with Gasteiger partial charge >= 0.3 is 0 Å². The molecule has 0 spiro atoms. The number of hydrogen-bond donors (Lipinski definition) is 1. The molecule has 0 aromatic rings. The van der Waals surface area contributed by atoms with Crippen LogP contribution in [0.3, 0.4) is 0 Å². The predicted molar refractivity (Wildman–Crippen MR) is 80.6 cm³/mol. The van der Waals surface area contributed by atoms with Gasteiger partial charge in [0.05, 0.1) is 6.04 Å². The molecule has 0 saturated heterocycles. The molecule has 0 heterocycles. The normalized spacial score (nSPS) is 25.4. The molecule has 1 aliphatic rings. The Morgan fingerprint density at radius 1 is 1.32 bits per heavy atom. The summed E-state index contributed by atoms with van der Waals surface area (Å²) < 4.78 is 0. The van der Waals surface area contributed by atoms with E-state index < -0.39 is 0 Å². The van der Waals surface area contributed by atoms with E-state index in [1.807, 2.05) is 0 Å². The van der Waals surface area contributed by atoms with Crippen molar-refractivity contribution in [1.82, 2.24) is 5.32 Å². The number of amides is 1. The van der Waals surface area contributed by atoms with Crippen LogP contribution in [0.25, 0.3) is 0 Å². The Labute approximate surface area is 118 Å². The van der Waals surface area contributed by atoms with Crippen LogP contribution in [0.5, 0.6) is 0 Å². The number of rotatable bonds is 4. The van der Waals surface area contributed by atoms with E-state index in [1.165, 1.54) is 0 Å². The first kappa shape index (κ1) is 16.1. The number of hydrogen-bond acceptors (Lipinski definition) is 1. The molecule has 1 unspecified atom stereocenters. The second-order valence-corrected chi connectivity index (χ2v) is 6.93. The molecule has 0 aromatic heterocycles. The Bertz CT molecular complexity index is 326. The zero-order chi connectivity index (χ0) is 14.5. The molecule has 1 aliphatic carbocycles. The Kier molecular flexibility index (Phi) is 5.91. The molecule has 0 radical (unpaired) electrons. The fourth-order valence-electron chi connectivity index (χ4n) is 3.00. The molecule has 1 amide bonds. The Morgan fingerprint density at radius 3 is 2.32 bits per heavy atom. The maximum atomic E-state index is 12.2. The molecule has 2 nitrogen and oxygen atoms in total. The summed E-state index contributed by atoms with van der Waals surface area (Å²) in [6.45, 7) is 8.99. The molecule has 108 valence electrons. The first-order valence-electron chi connectivity index (χ1n) is 7.65. The lowest BCUT2D eigenvalue weighted by atomic mass is 9.69. The van der Waals surface area contributed by atoms with Gasteiger partial charge in [0, 0.05) is 5.92 Å². The third kappa shape index (κ3) is 4.90. The first-order valence-corrected chi connectivity index (χ1v) is 7.65. The molecule has 19 heavy (non-hydrogen) atoms. The number of nitrogens with one attached hydrogen (secondary N) is 1.